The number of morpholine rings is 1. The van der Waals surface area contributed by atoms with Crippen LogP contribution in [0.3, 0.4) is 0 Å². The fraction of sp³-hybridized carbons (Fsp3) is 0.222. The van der Waals surface area contributed by atoms with Crippen LogP contribution in [0.1, 0.15) is 22.2 Å². The molecule has 0 saturated carbocycles. The summed E-state index contributed by atoms with van der Waals surface area (Å²) in [7, 11) is 0. The van der Waals surface area contributed by atoms with Gasteiger partial charge in [-0.05, 0) is 29.1 Å². The molecule has 1 aromatic carbocycles. The molecule has 0 N–H and O–H groups in total. The van der Waals surface area contributed by atoms with E-state index in [1.54, 1.807) is 33.7 Å². The van der Waals surface area contributed by atoms with E-state index in [0.29, 0.717) is 25.4 Å². The molecular weight excluding hydrogens is 359 g/mol. The molecule has 4 nitrogen and oxygen atoms in total. The first-order valence-electron chi connectivity index (χ1n) is 7.86. The van der Waals surface area contributed by atoms with Gasteiger partial charge in [0.25, 0.3) is 5.91 Å². The fourth-order valence-corrected chi connectivity index (χ4v) is 4.37. The SMILES string of the molecule is O=C(c1csc(-c2cccs2)n1)N1CCOC(c2ccc(F)cc2)C1. The highest BCUT2D eigenvalue weighted by Gasteiger charge is 2.27. The maximum atomic E-state index is 13.1. The summed E-state index contributed by atoms with van der Waals surface area (Å²) in [6, 6.07) is 10.2. The summed E-state index contributed by atoms with van der Waals surface area (Å²) in [5.41, 5.74) is 1.34. The summed E-state index contributed by atoms with van der Waals surface area (Å²) >= 11 is 3.09. The zero-order valence-electron chi connectivity index (χ0n) is 13.2. The first kappa shape index (κ1) is 16.4. The van der Waals surface area contributed by atoms with Gasteiger partial charge in [0.2, 0.25) is 0 Å². The predicted octanol–water partition coefficient (Wildman–Crippen LogP) is 4.22. The molecule has 0 spiro atoms. The van der Waals surface area contributed by atoms with Crippen molar-refractivity contribution in [1.82, 2.24) is 9.88 Å². The maximum absolute atomic E-state index is 13.1. The van der Waals surface area contributed by atoms with Gasteiger partial charge in [0, 0.05) is 11.9 Å². The Balaban J connectivity index is 1.49. The van der Waals surface area contributed by atoms with Crippen molar-refractivity contribution in [3.05, 3.63) is 64.2 Å². The number of benzene rings is 1. The van der Waals surface area contributed by atoms with Crippen LogP contribution in [0.2, 0.25) is 0 Å². The topological polar surface area (TPSA) is 42.4 Å². The molecule has 0 radical (unpaired) electrons. The summed E-state index contributed by atoms with van der Waals surface area (Å²) in [4.78, 5) is 20.1. The van der Waals surface area contributed by atoms with Gasteiger partial charge in [-0.25, -0.2) is 9.37 Å². The molecule has 4 rings (SSSR count). The van der Waals surface area contributed by atoms with E-state index in [1.165, 1.54) is 23.5 Å². The molecule has 1 aliphatic heterocycles. The van der Waals surface area contributed by atoms with E-state index in [9.17, 15) is 9.18 Å². The van der Waals surface area contributed by atoms with Crippen LogP contribution in [-0.2, 0) is 4.74 Å². The summed E-state index contributed by atoms with van der Waals surface area (Å²) in [5, 5.41) is 4.66. The molecule has 0 aliphatic carbocycles. The minimum Gasteiger partial charge on any atom is -0.370 e. The molecule has 3 aromatic rings. The van der Waals surface area contributed by atoms with Gasteiger partial charge in [0.15, 0.2) is 0 Å². The number of thiazole rings is 1. The van der Waals surface area contributed by atoms with Gasteiger partial charge in [-0.1, -0.05) is 18.2 Å². The smallest absolute Gasteiger partial charge is 0.273 e. The number of rotatable bonds is 3. The van der Waals surface area contributed by atoms with Gasteiger partial charge in [0.1, 0.15) is 22.6 Å². The average Bonchev–Trinajstić information content (AvgIpc) is 3.33. The summed E-state index contributed by atoms with van der Waals surface area (Å²) in [6.07, 6.45) is -0.242. The summed E-state index contributed by atoms with van der Waals surface area (Å²) in [5.74, 6) is -0.370. The second kappa shape index (κ2) is 7.03. The second-order valence-corrected chi connectivity index (χ2v) is 7.48. The second-order valence-electron chi connectivity index (χ2n) is 5.68. The number of carbonyl (C=O) groups excluding carboxylic acids is 1. The number of amides is 1. The molecule has 1 atom stereocenters. The monoisotopic (exact) mass is 374 g/mol. The fourth-order valence-electron chi connectivity index (χ4n) is 2.76. The van der Waals surface area contributed by atoms with Gasteiger partial charge in [0.05, 0.1) is 18.0 Å². The van der Waals surface area contributed by atoms with Crippen LogP contribution >= 0.6 is 22.7 Å². The van der Waals surface area contributed by atoms with Crippen LogP contribution in [0.5, 0.6) is 0 Å². The van der Waals surface area contributed by atoms with Crippen molar-refractivity contribution in [2.75, 3.05) is 19.7 Å². The van der Waals surface area contributed by atoms with Crippen molar-refractivity contribution in [2.45, 2.75) is 6.10 Å². The lowest BCUT2D eigenvalue weighted by atomic mass is 10.1. The van der Waals surface area contributed by atoms with Crippen LogP contribution in [-0.4, -0.2) is 35.5 Å². The van der Waals surface area contributed by atoms with E-state index in [4.69, 9.17) is 4.74 Å². The summed E-state index contributed by atoms with van der Waals surface area (Å²) < 4.78 is 18.8. The van der Waals surface area contributed by atoms with Crippen LogP contribution in [0.15, 0.2) is 47.2 Å². The number of aromatic nitrogens is 1. The third-order valence-corrected chi connectivity index (χ3v) is 5.93. The van der Waals surface area contributed by atoms with E-state index in [-0.39, 0.29) is 17.8 Å². The number of nitrogens with zero attached hydrogens (tertiary/aromatic N) is 2. The van der Waals surface area contributed by atoms with Crippen molar-refractivity contribution >= 4 is 28.6 Å². The number of thiophene rings is 1. The Hall–Kier alpha value is -2.09. The van der Waals surface area contributed by atoms with Crippen molar-refractivity contribution in [3.8, 4) is 9.88 Å². The minimum absolute atomic E-state index is 0.0885. The number of ether oxygens (including phenoxy) is 1. The Morgan fingerprint density at radius 1 is 1.24 bits per heavy atom. The first-order valence-corrected chi connectivity index (χ1v) is 9.62. The maximum Gasteiger partial charge on any atom is 0.273 e. The van der Waals surface area contributed by atoms with Gasteiger partial charge >= 0.3 is 0 Å². The molecule has 2 aromatic heterocycles. The lowest BCUT2D eigenvalue weighted by Gasteiger charge is -2.32. The average molecular weight is 374 g/mol. The molecule has 128 valence electrons. The third-order valence-electron chi connectivity index (χ3n) is 4.05. The van der Waals surface area contributed by atoms with Crippen LogP contribution < -0.4 is 0 Å². The van der Waals surface area contributed by atoms with E-state index in [2.05, 4.69) is 4.98 Å². The minimum atomic E-state index is -0.281. The molecule has 0 bridgehead atoms. The molecule has 1 fully saturated rings. The van der Waals surface area contributed by atoms with Gasteiger partial charge in [-0.3, -0.25) is 4.79 Å². The summed E-state index contributed by atoms with van der Waals surface area (Å²) in [6.45, 7) is 1.43. The third kappa shape index (κ3) is 3.49. The van der Waals surface area contributed by atoms with Crippen LogP contribution in [0.25, 0.3) is 9.88 Å². The predicted molar refractivity (Wildman–Crippen MR) is 96.4 cm³/mol. The first-order chi connectivity index (χ1) is 12.2. The number of hydrogen-bond acceptors (Lipinski definition) is 5. The largest absolute Gasteiger partial charge is 0.370 e. The van der Waals surface area contributed by atoms with Crippen LogP contribution in [0.4, 0.5) is 4.39 Å². The van der Waals surface area contributed by atoms with Gasteiger partial charge in [-0.2, -0.15) is 0 Å². The Morgan fingerprint density at radius 3 is 2.84 bits per heavy atom. The Labute approximate surface area is 152 Å². The lowest BCUT2D eigenvalue weighted by Crippen LogP contribution is -2.42. The quantitative estimate of drug-likeness (QED) is 0.689. The van der Waals surface area contributed by atoms with Crippen molar-refractivity contribution in [1.29, 1.82) is 0 Å². The molecule has 3 heterocycles. The van der Waals surface area contributed by atoms with Crippen molar-refractivity contribution < 1.29 is 13.9 Å². The molecule has 1 unspecified atom stereocenters. The normalized spacial score (nSPS) is 17.6. The van der Waals surface area contributed by atoms with Crippen LogP contribution in [0, 0.1) is 5.82 Å². The highest BCUT2D eigenvalue weighted by molar-refractivity contribution is 7.20. The zero-order chi connectivity index (χ0) is 17.2. The Bertz CT molecular complexity index is 862. The van der Waals surface area contributed by atoms with Gasteiger partial charge in [-0.15, -0.1) is 22.7 Å². The number of hydrogen-bond donors (Lipinski definition) is 0. The van der Waals surface area contributed by atoms with Crippen molar-refractivity contribution in [2.24, 2.45) is 0 Å². The van der Waals surface area contributed by atoms with Gasteiger partial charge < -0.3 is 9.64 Å². The Morgan fingerprint density at radius 2 is 2.08 bits per heavy atom. The van der Waals surface area contributed by atoms with E-state index in [1.807, 2.05) is 17.5 Å². The standard InChI is InChI=1S/C18H15FN2O2S2/c19-13-5-3-12(4-6-13)15-10-21(7-8-23-15)18(22)14-11-25-17(20-14)16-2-1-9-24-16/h1-6,9,11,15H,7-8,10H2. The molecule has 1 aliphatic rings. The molecule has 1 saturated heterocycles. The lowest BCUT2D eigenvalue weighted by molar-refractivity contribution is -0.0230. The van der Waals surface area contributed by atoms with E-state index in [0.717, 1.165) is 15.4 Å². The van der Waals surface area contributed by atoms with E-state index >= 15 is 0 Å². The zero-order valence-corrected chi connectivity index (χ0v) is 14.9. The number of halogens is 1. The van der Waals surface area contributed by atoms with E-state index < -0.39 is 0 Å². The molecule has 7 heteroatoms. The molecule has 25 heavy (non-hydrogen) atoms. The van der Waals surface area contributed by atoms with Crippen molar-refractivity contribution in [3.63, 3.8) is 0 Å². The highest BCUT2D eigenvalue weighted by atomic mass is 32.1. The molecule has 1 amide bonds. The highest BCUT2D eigenvalue weighted by Crippen LogP contribution is 2.29. The molecular formula is C18H15FN2O2S2. The Kier molecular flexibility index (Phi) is 4.61. The number of carbonyl (C=O) groups is 1.